The van der Waals surface area contributed by atoms with E-state index in [0.717, 1.165) is 5.56 Å². The minimum atomic E-state index is -0.106. The highest BCUT2D eigenvalue weighted by Gasteiger charge is 2.15. The molecule has 0 saturated heterocycles. The molecule has 0 bridgehead atoms. The number of methoxy groups -OCH3 is 2. The van der Waals surface area contributed by atoms with Gasteiger partial charge in [-0.1, -0.05) is 30.3 Å². The first kappa shape index (κ1) is 13.8. The molecule has 2 rings (SSSR count). The number of hydrogen-bond acceptors (Lipinski definition) is 4. The van der Waals surface area contributed by atoms with Crippen molar-refractivity contribution in [3.63, 3.8) is 0 Å². The van der Waals surface area contributed by atoms with Gasteiger partial charge in [0.2, 0.25) is 0 Å². The maximum absolute atomic E-state index is 10.2. The van der Waals surface area contributed by atoms with Crippen LogP contribution in [0.25, 0.3) is 11.8 Å². The predicted octanol–water partition coefficient (Wildman–Crippen LogP) is 3.47. The van der Waals surface area contributed by atoms with Gasteiger partial charge in [0, 0.05) is 12.1 Å². The minimum Gasteiger partial charge on any atom is -0.507 e. The van der Waals surface area contributed by atoms with Crippen molar-refractivity contribution < 1.29 is 19.7 Å². The van der Waals surface area contributed by atoms with Crippen LogP contribution in [0.15, 0.2) is 42.5 Å². The molecule has 0 aliphatic carbocycles. The largest absolute Gasteiger partial charge is 0.507 e. The minimum absolute atomic E-state index is 0.0757. The summed E-state index contributed by atoms with van der Waals surface area (Å²) in [4.78, 5) is 0. The van der Waals surface area contributed by atoms with E-state index in [1.165, 1.54) is 20.3 Å². The maximum Gasteiger partial charge on any atom is 0.137 e. The fourth-order valence-corrected chi connectivity index (χ4v) is 1.89. The highest BCUT2D eigenvalue weighted by molar-refractivity contribution is 5.82. The van der Waals surface area contributed by atoms with E-state index in [1.54, 1.807) is 12.1 Å². The van der Waals surface area contributed by atoms with E-state index in [9.17, 15) is 10.2 Å². The average Bonchev–Trinajstić information content (AvgIpc) is 2.47. The Morgan fingerprint density at radius 3 is 2.35 bits per heavy atom. The average molecular weight is 272 g/mol. The summed E-state index contributed by atoms with van der Waals surface area (Å²) in [5, 5.41) is 20.2. The van der Waals surface area contributed by atoms with Crippen LogP contribution in [-0.4, -0.2) is 24.4 Å². The second-order valence-electron chi connectivity index (χ2n) is 4.16. The first-order valence-corrected chi connectivity index (χ1v) is 6.06. The molecule has 4 heteroatoms. The van der Waals surface area contributed by atoms with Gasteiger partial charge in [-0.3, -0.25) is 0 Å². The summed E-state index contributed by atoms with van der Waals surface area (Å²) < 4.78 is 10.2. The molecule has 0 heterocycles. The third-order valence-corrected chi connectivity index (χ3v) is 2.87. The van der Waals surface area contributed by atoms with Crippen LogP contribution >= 0.6 is 0 Å². The number of phenolic OH excluding ortho intramolecular Hbond substituents is 1. The molecule has 20 heavy (non-hydrogen) atoms. The summed E-state index contributed by atoms with van der Waals surface area (Å²) in [7, 11) is 2.96. The van der Waals surface area contributed by atoms with Crippen LogP contribution in [0.3, 0.4) is 0 Å². The highest BCUT2D eigenvalue weighted by atomic mass is 16.5. The smallest absolute Gasteiger partial charge is 0.137 e. The van der Waals surface area contributed by atoms with Gasteiger partial charge in [-0.05, 0) is 11.6 Å². The molecule has 0 spiro atoms. The number of phenols is 1. The van der Waals surface area contributed by atoms with Gasteiger partial charge in [0.15, 0.2) is 0 Å². The van der Waals surface area contributed by atoms with E-state index >= 15 is 0 Å². The Morgan fingerprint density at radius 1 is 1.05 bits per heavy atom. The number of aromatic hydroxyl groups is 1. The van der Waals surface area contributed by atoms with Crippen molar-refractivity contribution in [2.45, 2.75) is 0 Å². The summed E-state index contributed by atoms with van der Waals surface area (Å²) in [6.07, 6.45) is 1.56. The first-order valence-electron chi connectivity index (χ1n) is 6.06. The van der Waals surface area contributed by atoms with Crippen molar-refractivity contribution in [1.82, 2.24) is 0 Å². The highest BCUT2D eigenvalue weighted by Crippen LogP contribution is 2.37. The van der Waals surface area contributed by atoms with Crippen molar-refractivity contribution in [1.29, 1.82) is 0 Å². The van der Waals surface area contributed by atoms with Crippen LogP contribution in [0, 0.1) is 0 Å². The van der Waals surface area contributed by atoms with E-state index in [-0.39, 0.29) is 17.1 Å². The molecule has 0 fully saturated rings. The molecule has 0 aromatic heterocycles. The molecule has 0 atom stereocenters. The van der Waals surface area contributed by atoms with Gasteiger partial charge in [-0.15, -0.1) is 0 Å². The van der Waals surface area contributed by atoms with Gasteiger partial charge in [0.05, 0.1) is 14.2 Å². The Kier molecular flexibility index (Phi) is 4.15. The molecule has 2 aromatic rings. The molecule has 2 N–H and O–H groups in total. The molecule has 104 valence electrons. The Balaban J connectivity index is 2.49. The molecule has 2 aromatic carbocycles. The summed E-state index contributed by atoms with van der Waals surface area (Å²) in [5.41, 5.74) is 1.06. The van der Waals surface area contributed by atoms with Crippen molar-refractivity contribution in [2.24, 2.45) is 0 Å². The van der Waals surface area contributed by atoms with Gasteiger partial charge in [0.1, 0.15) is 28.6 Å². The van der Waals surface area contributed by atoms with E-state index in [0.29, 0.717) is 11.5 Å². The lowest BCUT2D eigenvalue weighted by molar-refractivity contribution is 0.379. The SMILES string of the molecule is COc1cc(O)c(/C(O)=C/c2ccccc2)c(OC)c1. The summed E-state index contributed by atoms with van der Waals surface area (Å²) in [6, 6.07) is 12.3. The van der Waals surface area contributed by atoms with E-state index in [1.807, 2.05) is 30.3 Å². The molecular formula is C16H16O4. The summed E-state index contributed by atoms with van der Waals surface area (Å²) >= 11 is 0. The number of ether oxygens (including phenoxy) is 2. The van der Waals surface area contributed by atoms with Gasteiger partial charge >= 0.3 is 0 Å². The topological polar surface area (TPSA) is 58.9 Å². The Morgan fingerprint density at radius 2 is 1.75 bits per heavy atom. The zero-order valence-corrected chi connectivity index (χ0v) is 11.3. The monoisotopic (exact) mass is 272 g/mol. The fourth-order valence-electron chi connectivity index (χ4n) is 1.89. The number of aliphatic hydroxyl groups is 1. The van der Waals surface area contributed by atoms with Gasteiger partial charge < -0.3 is 19.7 Å². The lowest BCUT2D eigenvalue weighted by Gasteiger charge is -2.12. The van der Waals surface area contributed by atoms with E-state index in [2.05, 4.69) is 0 Å². The molecule has 0 aliphatic rings. The fraction of sp³-hybridized carbons (Fsp3) is 0.125. The lowest BCUT2D eigenvalue weighted by Crippen LogP contribution is -1.94. The number of benzene rings is 2. The van der Waals surface area contributed by atoms with Gasteiger partial charge in [0.25, 0.3) is 0 Å². The third-order valence-electron chi connectivity index (χ3n) is 2.87. The first-order chi connectivity index (χ1) is 9.65. The molecule has 0 saturated carbocycles. The molecule has 0 amide bonds. The lowest BCUT2D eigenvalue weighted by atomic mass is 10.1. The summed E-state index contributed by atoms with van der Waals surface area (Å²) in [5.74, 6) is 0.612. The molecular weight excluding hydrogens is 256 g/mol. The summed E-state index contributed by atoms with van der Waals surface area (Å²) in [6.45, 7) is 0. The van der Waals surface area contributed by atoms with Crippen LogP contribution in [0.2, 0.25) is 0 Å². The van der Waals surface area contributed by atoms with E-state index < -0.39 is 0 Å². The van der Waals surface area contributed by atoms with Crippen molar-refractivity contribution >= 4 is 11.8 Å². The quantitative estimate of drug-likeness (QED) is 0.661. The van der Waals surface area contributed by atoms with Crippen molar-refractivity contribution in [2.75, 3.05) is 14.2 Å². The zero-order valence-electron chi connectivity index (χ0n) is 11.3. The number of aliphatic hydroxyl groups excluding tert-OH is 1. The van der Waals surface area contributed by atoms with Gasteiger partial charge in [-0.2, -0.15) is 0 Å². The molecule has 0 unspecified atom stereocenters. The third kappa shape index (κ3) is 2.85. The maximum atomic E-state index is 10.2. The van der Waals surface area contributed by atoms with Crippen LogP contribution in [0.4, 0.5) is 0 Å². The number of rotatable bonds is 4. The second kappa shape index (κ2) is 6.02. The van der Waals surface area contributed by atoms with Crippen LogP contribution in [0.5, 0.6) is 17.2 Å². The van der Waals surface area contributed by atoms with E-state index in [4.69, 9.17) is 9.47 Å². The number of hydrogen-bond donors (Lipinski definition) is 2. The second-order valence-corrected chi connectivity index (χ2v) is 4.16. The molecule has 0 radical (unpaired) electrons. The zero-order chi connectivity index (χ0) is 14.5. The Hall–Kier alpha value is -2.62. The van der Waals surface area contributed by atoms with Crippen LogP contribution < -0.4 is 9.47 Å². The van der Waals surface area contributed by atoms with Crippen molar-refractivity contribution in [3.05, 3.63) is 53.6 Å². The Bertz CT molecular complexity index is 618. The Labute approximate surface area is 117 Å². The van der Waals surface area contributed by atoms with Gasteiger partial charge in [-0.25, -0.2) is 0 Å². The standard InChI is InChI=1S/C16H16O4/c1-19-12-9-14(18)16(15(10-12)20-2)13(17)8-11-6-4-3-5-7-11/h3-10,17-18H,1-2H3/b13-8-. The van der Waals surface area contributed by atoms with Crippen LogP contribution in [-0.2, 0) is 0 Å². The van der Waals surface area contributed by atoms with Crippen molar-refractivity contribution in [3.8, 4) is 17.2 Å². The molecule has 4 nitrogen and oxygen atoms in total. The molecule has 0 aliphatic heterocycles. The van der Waals surface area contributed by atoms with Crippen LogP contribution in [0.1, 0.15) is 11.1 Å². The normalized spacial score (nSPS) is 11.2. The predicted molar refractivity (Wildman–Crippen MR) is 78.2 cm³/mol.